The normalized spacial score (nSPS) is 9.21. The molecule has 0 aliphatic heterocycles. The van der Waals surface area contributed by atoms with Crippen LogP contribution in [0.1, 0.15) is 16.8 Å². The quantitative estimate of drug-likeness (QED) is 0.541. The number of terminal acetylenes is 1. The number of methoxy groups -OCH3 is 1. The van der Waals surface area contributed by atoms with Crippen LogP contribution in [0.25, 0.3) is 0 Å². The van der Waals surface area contributed by atoms with Crippen molar-refractivity contribution in [2.24, 2.45) is 0 Å². The number of carbonyl (C=O) groups is 1. The van der Waals surface area contributed by atoms with Gasteiger partial charge in [-0.3, -0.25) is 4.79 Å². The lowest BCUT2D eigenvalue weighted by Gasteiger charge is -2.02. The summed E-state index contributed by atoms with van der Waals surface area (Å²) >= 11 is 0. The Morgan fingerprint density at radius 3 is 2.86 bits per heavy atom. The van der Waals surface area contributed by atoms with Crippen LogP contribution in [0.3, 0.4) is 0 Å². The molecule has 3 heteroatoms. The molecule has 0 saturated heterocycles. The summed E-state index contributed by atoms with van der Waals surface area (Å²) in [4.78, 5) is 11.2. The molecule has 2 nitrogen and oxygen atoms in total. The van der Waals surface area contributed by atoms with Crippen LogP contribution in [0.2, 0.25) is 0 Å². The number of ether oxygens (including phenoxy) is 1. The van der Waals surface area contributed by atoms with Crippen molar-refractivity contribution in [1.29, 1.82) is 0 Å². The lowest BCUT2D eigenvalue weighted by Crippen LogP contribution is -2.01. The third-order valence-corrected chi connectivity index (χ3v) is 1.74. The molecule has 0 aliphatic rings. The van der Waals surface area contributed by atoms with Crippen LogP contribution in [-0.2, 0) is 0 Å². The molecular weight excluding hydrogens is 183 g/mol. The van der Waals surface area contributed by atoms with Crippen LogP contribution >= 0.6 is 0 Å². The second-order valence-corrected chi connectivity index (χ2v) is 2.65. The van der Waals surface area contributed by atoms with E-state index in [-0.39, 0.29) is 12.0 Å². The minimum atomic E-state index is -0.607. The van der Waals surface area contributed by atoms with Crippen molar-refractivity contribution in [3.8, 4) is 18.1 Å². The van der Waals surface area contributed by atoms with Gasteiger partial charge in [-0.2, -0.15) is 0 Å². The molecule has 0 saturated carbocycles. The summed E-state index contributed by atoms with van der Waals surface area (Å²) in [6.45, 7) is 0. The minimum Gasteiger partial charge on any atom is -0.497 e. The number of benzene rings is 1. The molecule has 0 N–H and O–H groups in total. The van der Waals surface area contributed by atoms with Crippen molar-refractivity contribution < 1.29 is 13.9 Å². The molecule has 1 aromatic rings. The summed E-state index contributed by atoms with van der Waals surface area (Å²) in [5, 5.41) is 0. The number of rotatable bonds is 3. The number of carbonyl (C=O) groups excluding carboxylic acids is 1. The highest BCUT2D eigenvalue weighted by Crippen LogP contribution is 2.17. The zero-order valence-electron chi connectivity index (χ0n) is 7.71. The van der Waals surface area contributed by atoms with Gasteiger partial charge in [0.25, 0.3) is 0 Å². The van der Waals surface area contributed by atoms with Crippen LogP contribution in [-0.4, -0.2) is 12.9 Å². The van der Waals surface area contributed by atoms with Crippen molar-refractivity contribution in [2.75, 3.05) is 7.11 Å². The highest BCUT2D eigenvalue weighted by Gasteiger charge is 2.10. The molecule has 1 rings (SSSR count). The molecule has 14 heavy (non-hydrogen) atoms. The summed E-state index contributed by atoms with van der Waals surface area (Å²) in [6.07, 6.45) is 4.86. The molecule has 0 spiro atoms. The first-order valence-electron chi connectivity index (χ1n) is 3.99. The maximum Gasteiger partial charge on any atom is 0.177 e. The van der Waals surface area contributed by atoms with Gasteiger partial charge in [-0.25, -0.2) is 4.39 Å². The first-order valence-corrected chi connectivity index (χ1v) is 3.99. The highest BCUT2D eigenvalue weighted by atomic mass is 19.1. The smallest absolute Gasteiger partial charge is 0.177 e. The Morgan fingerprint density at radius 2 is 2.36 bits per heavy atom. The number of hydrogen-bond acceptors (Lipinski definition) is 2. The maximum absolute atomic E-state index is 13.2. The van der Waals surface area contributed by atoms with E-state index in [1.165, 1.54) is 19.2 Å². The Balaban J connectivity index is 3.01. The summed E-state index contributed by atoms with van der Waals surface area (Å²) in [7, 11) is 1.43. The molecule has 0 amide bonds. The molecule has 0 atom stereocenters. The summed E-state index contributed by atoms with van der Waals surface area (Å²) in [5.41, 5.74) is 0.00347. The fourth-order valence-corrected chi connectivity index (χ4v) is 1.04. The van der Waals surface area contributed by atoms with Crippen molar-refractivity contribution in [2.45, 2.75) is 6.42 Å². The lowest BCUT2D eigenvalue weighted by molar-refractivity contribution is 0.0994. The molecule has 0 fully saturated rings. The number of hydrogen-bond donors (Lipinski definition) is 0. The van der Waals surface area contributed by atoms with Crippen LogP contribution in [0, 0.1) is 18.2 Å². The van der Waals surface area contributed by atoms with Crippen molar-refractivity contribution >= 4 is 5.78 Å². The van der Waals surface area contributed by atoms with E-state index in [0.29, 0.717) is 5.75 Å². The van der Waals surface area contributed by atoms with Crippen LogP contribution in [0.5, 0.6) is 5.75 Å². The van der Waals surface area contributed by atoms with Crippen LogP contribution < -0.4 is 4.74 Å². The number of Topliss-reactive ketones (excluding diaryl/α,β-unsaturated/α-hetero) is 1. The van der Waals surface area contributed by atoms with E-state index < -0.39 is 11.6 Å². The standard InChI is InChI=1S/C11H9FO2/c1-3-4-11(13)9-6-5-8(14-2)7-10(9)12/h1,5-7H,4H2,2H3. The summed E-state index contributed by atoms with van der Waals surface area (Å²) in [5.74, 6) is 1.55. The van der Waals surface area contributed by atoms with E-state index in [1.807, 2.05) is 0 Å². The van der Waals surface area contributed by atoms with Crippen molar-refractivity contribution in [1.82, 2.24) is 0 Å². The molecule has 0 aliphatic carbocycles. The van der Waals surface area contributed by atoms with Gasteiger partial charge in [-0.1, -0.05) is 5.92 Å². The van der Waals surface area contributed by atoms with Gasteiger partial charge in [0.1, 0.15) is 11.6 Å². The molecule has 0 bridgehead atoms. The summed E-state index contributed by atoms with van der Waals surface area (Å²) < 4.78 is 18.0. The van der Waals surface area contributed by atoms with Crippen molar-refractivity contribution in [3.05, 3.63) is 29.6 Å². The number of halogens is 1. The first-order chi connectivity index (χ1) is 6.69. The predicted octanol–water partition coefficient (Wildman–Crippen LogP) is 2.04. The Hall–Kier alpha value is -1.82. The largest absolute Gasteiger partial charge is 0.497 e. The third-order valence-electron chi connectivity index (χ3n) is 1.74. The lowest BCUT2D eigenvalue weighted by atomic mass is 10.1. The highest BCUT2D eigenvalue weighted by molar-refractivity contribution is 5.97. The molecule has 72 valence electrons. The minimum absolute atomic E-state index is 0.00347. The van der Waals surface area contributed by atoms with Gasteiger partial charge in [0.15, 0.2) is 5.78 Å². The fourth-order valence-electron chi connectivity index (χ4n) is 1.04. The average Bonchev–Trinajstić information content (AvgIpc) is 2.17. The number of ketones is 1. The third kappa shape index (κ3) is 2.11. The van der Waals surface area contributed by atoms with E-state index in [9.17, 15) is 9.18 Å². The molecule has 0 radical (unpaired) electrons. The van der Waals surface area contributed by atoms with Gasteiger partial charge >= 0.3 is 0 Å². The first kappa shape index (κ1) is 10.3. The van der Waals surface area contributed by atoms with Gasteiger partial charge in [-0.15, -0.1) is 6.42 Å². The Labute approximate surface area is 81.7 Å². The van der Waals surface area contributed by atoms with E-state index in [1.54, 1.807) is 0 Å². The Bertz CT molecular complexity index is 391. The van der Waals surface area contributed by atoms with E-state index in [4.69, 9.17) is 11.2 Å². The zero-order chi connectivity index (χ0) is 10.6. The van der Waals surface area contributed by atoms with E-state index in [0.717, 1.165) is 6.07 Å². The van der Waals surface area contributed by atoms with Crippen molar-refractivity contribution in [3.63, 3.8) is 0 Å². The predicted molar refractivity (Wildman–Crippen MR) is 50.7 cm³/mol. The second-order valence-electron chi connectivity index (χ2n) is 2.65. The second kappa shape index (κ2) is 4.43. The maximum atomic E-state index is 13.2. The van der Waals surface area contributed by atoms with Gasteiger partial charge < -0.3 is 4.74 Å². The molecule has 0 unspecified atom stereocenters. The Kier molecular flexibility index (Phi) is 3.24. The van der Waals surface area contributed by atoms with Crippen LogP contribution in [0.4, 0.5) is 4.39 Å². The zero-order valence-corrected chi connectivity index (χ0v) is 7.71. The molecule has 1 aromatic carbocycles. The topological polar surface area (TPSA) is 26.3 Å². The average molecular weight is 192 g/mol. The van der Waals surface area contributed by atoms with E-state index in [2.05, 4.69) is 5.92 Å². The van der Waals surface area contributed by atoms with E-state index >= 15 is 0 Å². The van der Waals surface area contributed by atoms with Gasteiger partial charge in [0.2, 0.25) is 0 Å². The fraction of sp³-hybridized carbons (Fsp3) is 0.182. The van der Waals surface area contributed by atoms with Crippen LogP contribution in [0.15, 0.2) is 18.2 Å². The van der Waals surface area contributed by atoms with Gasteiger partial charge in [0, 0.05) is 6.07 Å². The SMILES string of the molecule is C#CCC(=O)c1ccc(OC)cc1F. The molecule has 0 heterocycles. The molecular formula is C11H9FO2. The van der Waals surface area contributed by atoms with Gasteiger partial charge in [-0.05, 0) is 12.1 Å². The van der Waals surface area contributed by atoms with Gasteiger partial charge in [0.05, 0.1) is 19.1 Å². The molecule has 0 aromatic heterocycles. The summed E-state index contributed by atoms with van der Waals surface area (Å²) in [6, 6.07) is 4.05. The Morgan fingerprint density at radius 1 is 1.64 bits per heavy atom. The monoisotopic (exact) mass is 192 g/mol.